The lowest BCUT2D eigenvalue weighted by Gasteiger charge is -2.13. The van der Waals surface area contributed by atoms with E-state index in [0.29, 0.717) is 12.5 Å². The second-order valence-corrected chi connectivity index (χ2v) is 3.68. The van der Waals surface area contributed by atoms with Gasteiger partial charge >= 0.3 is 0 Å². The zero-order valence-electron chi connectivity index (χ0n) is 8.21. The molecular weight excluding hydrogens is 176 g/mol. The Morgan fingerprint density at radius 1 is 1.43 bits per heavy atom. The molecule has 1 aromatic carbocycles. The van der Waals surface area contributed by atoms with Gasteiger partial charge in [-0.15, -0.1) is 0 Å². The molecule has 14 heavy (non-hydrogen) atoms. The number of benzene rings is 1. The van der Waals surface area contributed by atoms with E-state index in [1.165, 1.54) is 18.4 Å². The van der Waals surface area contributed by atoms with E-state index in [4.69, 9.17) is 0 Å². The fraction of sp³-hybridized carbons (Fsp3) is 0.364. The largest absolute Gasteiger partial charge is 0.380 e. The Bertz CT molecular complexity index is 345. The van der Waals surface area contributed by atoms with Gasteiger partial charge in [-0.1, -0.05) is 12.1 Å². The van der Waals surface area contributed by atoms with Crippen LogP contribution >= 0.6 is 0 Å². The third kappa shape index (κ3) is 1.87. The highest BCUT2D eigenvalue weighted by Gasteiger charge is 2.22. The van der Waals surface area contributed by atoms with Crippen molar-refractivity contribution in [2.24, 2.45) is 0 Å². The van der Waals surface area contributed by atoms with Crippen molar-refractivity contribution in [1.29, 1.82) is 0 Å². The van der Waals surface area contributed by atoms with Crippen molar-refractivity contribution in [3.63, 3.8) is 0 Å². The number of rotatable bonds is 4. The summed E-state index contributed by atoms with van der Waals surface area (Å²) >= 11 is 0. The molecular formula is C11H14N2O. The average molecular weight is 190 g/mol. The first-order valence-electron chi connectivity index (χ1n) is 4.87. The molecule has 0 aliphatic heterocycles. The van der Waals surface area contributed by atoms with Crippen LogP contribution in [0.15, 0.2) is 18.2 Å². The van der Waals surface area contributed by atoms with Crippen LogP contribution in [0, 0.1) is 6.92 Å². The zero-order chi connectivity index (χ0) is 9.97. The highest BCUT2D eigenvalue weighted by molar-refractivity contribution is 5.82. The minimum Gasteiger partial charge on any atom is -0.380 e. The van der Waals surface area contributed by atoms with Crippen molar-refractivity contribution >= 4 is 17.8 Å². The predicted molar refractivity (Wildman–Crippen MR) is 57.5 cm³/mol. The monoisotopic (exact) mass is 190 g/mol. The lowest BCUT2D eigenvalue weighted by molar-refractivity contribution is -0.105. The number of para-hydroxylation sites is 1. The number of hydrogen-bond acceptors (Lipinski definition) is 2. The minimum absolute atomic E-state index is 0.600. The van der Waals surface area contributed by atoms with Crippen molar-refractivity contribution in [3.05, 3.63) is 23.8 Å². The molecule has 1 saturated carbocycles. The summed E-state index contributed by atoms with van der Waals surface area (Å²) in [4.78, 5) is 10.4. The van der Waals surface area contributed by atoms with E-state index < -0.39 is 0 Å². The molecule has 3 nitrogen and oxygen atoms in total. The van der Waals surface area contributed by atoms with Gasteiger partial charge < -0.3 is 10.6 Å². The predicted octanol–water partition coefficient (Wildman–Crippen LogP) is 2.14. The Kier molecular flexibility index (Phi) is 2.39. The van der Waals surface area contributed by atoms with Gasteiger partial charge in [0.1, 0.15) is 0 Å². The average Bonchev–Trinajstić information content (AvgIpc) is 2.95. The van der Waals surface area contributed by atoms with Crippen LogP contribution in [0.2, 0.25) is 0 Å². The molecule has 0 radical (unpaired) electrons. The van der Waals surface area contributed by atoms with Gasteiger partial charge in [0.25, 0.3) is 0 Å². The molecule has 0 heterocycles. The number of amides is 1. The van der Waals surface area contributed by atoms with Gasteiger partial charge in [-0.3, -0.25) is 4.79 Å². The summed E-state index contributed by atoms with van der Waals surface area (Å²) in [5.74, 6) is 0. The van der Waals surface area contributed by atoms with Crippen LogP contribution in [0.3, 0.4) is 0 Å². The molecule has 2 rings (SSSR count). The summed E-state index contributed by atoms with van der Waals surface area (Å²) in [7, 11) is 0. The number of hydrogen-bond donors (Lipinski definition) is 2. The molecule has 3 heteroatoms. The van der Waals surface area contributed by atoms with Crippen LogP contribution in [0.4, 0.5) is 11.4 Å². The lowest BCUT2D eigenvalue weighted by atomic mass is 10.1. The first-order valence-corrected chi connectivity index (χ1v) is 4.87. The highest BCUT2D eigenvalue weighted by atomic mass is 16.1. The molecule has 0 atom stereocenters. The third-order valence-corrected chi connectivity index (χ3v) is 2.41. The summed E-state index contributed by atoms with van der Waals surface area (Å²) in [5, 5.41) is 6.12. The van der Waals surface area contributed by atoms with Crippen LogP contribution in [0.5, 0.6) is 0 Å². The van der Waals surface area contributed by atoms with Crippen LogP contribution in [0.25, 0.3) is 0 Å². The SMILES string of the molecule is Cc1cccc(NC=O)c1NC1CC1. The van der Waals surface area contributed by atoms with E-state index >= 15 is 0 Å². The smallest absolute Gasteiger partial charge is 0.211 e. The molecule has 0 saturated heterocycles. The molecule has 1 fully saturated rings. The maximum absolute atomic E-state index is 10.4. The molecule has 74 valence electrons. The molecule has 0 spiro atoms. The quantitative estimate of drug-likeness (QED) is 0.714. The second kappa shape index (κ2) is 3.70. The number of nitrogens with one attached hydrogen (secondary N) is 2. The topological polar surface area (TPSA) is 41.1 Å². The van der Waals surface area contributed by atoms with Crippen molar-refractivity contribution in [2.75, 3.05) is 10.6 Å². The summed E-state index contributed by atoms with van der Waals surface area (Å²) in [6.45, 7) is 2.04. The van der Waals surface area contributed by atoms with Gasteiger partial charge in [-0.2, -0.15) is 0 Å². The molecule has 1 aromatic rings. The maximum atomic E-state index is 10.4. The van der Waals surface area contributed by atoms with Crippen LogP contribution in [-0.4, -0.2) is 12.5 Å². The first-order chi connectivity index (χ1) is 6.81. The number of anilines is 2. The van der Waals surface area contributed by atoms with E-state index in [9.17, 15) is 4.79 Å². The summed E-state index contributed by atoms with van der Waals surface area (Å²) in [6, 6.07) is 6.50. The van der Waals surface area contributed by atoms with Crippen molar-refractivity contribution < 1.29 is 4.79 Å². The van der Waals surface area contributed by atoms with Gasteiger partial charge in [0.15, 0.2) is 0 Å². The molecule has 1 aliphatic carbocycles. The zero-order valence-corrected chi connectivity index (χ0v) is 8.21. The Balaban J connectivity index is 2.26. The molecule has 2 N–H and O–H groups in total. The van der Waals surface area contributed by atoms with E-state index in [2.05, 4.69) is 10.6 Å². The fourth-order valence-corrected chi connectivity index (χ4v) is 1.47. The Hall–Kier alpha value is -1.51. The summed E-state index contributed by atoms with van der Waals surface area (Å²) in [5.41, 5.74) is 3.10. The summed E-state index contributed by atoms with van der Waals surface area (Å²) < 4.78 is 0. The standard InChI is InChI=1S/C11H14N2O/c1-8-3-2-4-10(12-7-14)11(8)13-9-5-6-9/h2-4,7,9,13H,5-6H2,1H3,(H,12,14). The fourth-order valence-electron chi connectivity index (χ4n) is 1.47. The molecule has 0 unspecified atom stereocenters. The van der Waals surface area contributed by atoms with E-state index in [1.807, 2.05) is 25.1 Å². The molecule has 0 aromatic heterocycles. The maximum Gasteiger partial charge on any atom is 0.211 e. The van der Waals surface area contributed by atoms with Crippen LogP contribution in [-0.2, 0) is 4.79 Å². The van der Waals surface area contributed by atoms with Gasteiger partial charge in [0.2, 0.25) is 6.41 Å². The van der Waals surface area contributed by atoms with Gasteiger partial charge in [0.05, 0.1) is 11.4 Å². The van der Waals surface area contributed by atoms with E-state index in [0.717, 1.165) is 11.4 Å². The minimum atomic E-state index is 0.600. The van der Waals surface area contributed by atoms with Crippen molar-refractivity contribution in [2.45, 2.75) is 25.8 Å². The number of carbonyl (C=O) groups is 1. The van der Waals surface area contributed by atoms with Gasteiger partial charge in [-0.25, -0.2) is 0 Å². The molecule has 0 bridgehead atoms. The number of carbonyl (C=O) groups excluding carboxylic acids is 1. The van der Waals surface area contributed by atoms with E-state index in [1.54, 1.807) is 0 Å². The van der Waals surface area contributed by atoms with E-state index in [-0.39, 0.29) is 0 Å². The van der Waals surface area contributed by atoms with Gasteiger partial charge in [0, 0.05) is 6.04 Å². The Morgan fingerprint density at radius 2 is 2.21 bits per heavy atom. The first kappa shape index (κ1) is 9.06. The lowest BCUT2D eigenvalue weighted by Crippen LogP contribution is -2.06. The van der Waals surface area contributed by atoms with Gasteiger partial charge in [-0.05, 0) is 31.4 Å². The highest BCUT2D eigenvalue weighted by Crippen LogP contribution is 2.31. The molecule has 1 aliphatic rings. The Labute approximate surface area is 83.5 Å². The normalized spacial score (nSPS) is 14.9. The Morgan fingerprint density at radius 3 is 2.86 bits per heavy atom. The van der Waals surface area contributed by atoms with Crippen molar-refractivity contribution in [1.82, 2.24) is 0 Å². The summed E-state index contributed by atoms with van der Waals surface area (Å²) in [6.07, 6.45) is 3.18. The van der Waals surface area contributed by atoms with Crippen molar-refractivity contribution in [3.8, 4) is 0 Å². The van der Waals surface area contributed by atoms with Crippen LogP contribution < -0.4 is 10.6 Å². The number of aryl methyl sites for hydroxylation is 1. The second-order valence-electron chi connectivity index (χ2n) is 3.68. The van der Waals surface area contributed by atoms with Crippen LogP contribution in [0.1, 0.15) is 18.4 Å². The third-order valence-electron chi connectivity index (χ3n) is 2.41. The molecule has 1 amide bonds.